The number of hydrogen-bond acceptors (Lipinski definition) is 3. The van der Waals surface area contributed by atoms with E-state index in [1.54, 1.807) is 17.2 Å². The van der Waals surface area contributed by atoms with Crippen LogP contribution in [0.5, 0.6) is 0 Å². The van der Waals surface area contributed by atoms with E-state index in [2.05, 4.69) is 9.97 Å². The van der Waals surface area contributed by atoms with Gasteiger partial charge in [-0.05, 0) is 38.0 Å². The quantitative estimate of drug-likeness (QED) is 0.921. The molecule has 1 fully saturated rings. The second kappa shape index (κ2) is 5.72. The number of alkyl halides is 3. The normalized spacial score (nSPS) is 18.4. The summed E-state index contributed by atoms with van der Waals surface area (Å²) in [5.41, 5.74) is -1.11. The van der Waals surface area contributed by atoms with E-state index in [0.29, 0.717) is 6.54 Å². The lowest BCUT2D eigenvalue weighted by Gasteiger charge is -2.26. The second-order valence-corrected chi connectivity index (χ2v) is 5.63. The third kappa shape index (κ3) is 2.95. The smallest absolute Gasteiger partial charge is 0.349 e. The van der Waals surface area contributed by atoms with Crippen LogP contribution in [0.15, 0.2) is 35.3 Å². The third-order valence-corrected chi connectivity index (χ3v) is 4.16. The van der Waals surface area contributed by atoms with Crippen LogP contribution in [0.3, 0.4) is 0 Å². The molecule has 1 aliphatic rings. The van der Waals surface area contributed by atoms with Crippen LogP contribution in [0, 0.1) is 6.92 Å². The summed E-state index contributed by atoms with van der Waals surface area (Å²) < 4.78 is 39.4. The Morgan fingerprint density at radius 3 is 2.78 bits per heavy atom. The minimum absolute atomic E-state index is 0.129. The Kier molecular flexibility index (Phi) is 3.87. The molecule has 122 valence electrons. The molecule has 1 N–H and O–H groups in total. The number of aromatic nitrogens is 2. The summed E-state index contributed by atoms with van der Waals surface area (Å²) in [4.78, 5) is 20.6. The maximum absolute atomic E-state index is 13.1. The molecule has 0 aliphatic carbocycles. The molecular weight excluding hydrogens is 307 g/mol. The highest BCUT2D eigenvalue weighted by Gasteiger charge is 2.36. The molecule has 1 atom stereocenters. The molecule has 2 aromatic rings. The fourth-order valence-corrected chi connectivity index (χ4v) is 3.00. The Morgan fingerprint density at radius 2 is 2.13 bits per heavy atom. The van der Waals surface area contributed by atoms with Crippen molar-refractivity contribution in [2.75, 3.05) is 11.4 Å². The van der Waals surface area contributed by atoms with Crippen molar-refractivity contribution in [1.82, 2.24) is 9.97 Å². The maximum atomic E-state index is 13.1. The zero-order valence-electron chi connectivity index (χ0n) is 12.5. The fraction of sp³-hybridized carbons (Fsp3) is 0.375. The maximum Gasteiger partial charge on any atom is 0.416 e. The monoisotopic (exact) mass is 323 g/mol. The van der Waals surface area contributed by atoms with Crippen LogP contribution in [-0.2, 0) is 6.18 Å². The molecule has 0 saturated carbocycles. The number of nitrogens with zero attached hydrogens (tertiary/aromatic N) is 2. The van der Waals surface area contributed by atoms with E-state index in [-0.39, 0.29) is 17.4 Å². The number of halogens is 3. The first-order valence-corrected chi connectivity index (χ1v) is 7.36. The van der Waals surface area contributed by atoms with Crippen molar-refractivity contribution < 1.29 is 13.2 Å². The van der Waals surface area contributed by atoms with Gasteiger partial charge in [0.15, 0.2) is 0 Å². The van der Waals surface area contributed by atoms with Gasteiger partial charge < -0.3 is 9.88 Å². The summed E-state index contributed by atoms with van der Waals surface area (Å²) in [6.45, 7) is 1.77. The minimum Gasteiger partial charge on any atom is -0.349 e. The summed E-state index contributed by atoms with van der Waals surface area (Å²) >= 11 is 0. The Bertz CT molecular complexity index is 755. The molecule has 1 saturated heterocycles. The van der Waals surface area contributed by atoms with Gasteiger partial charge in [-0.15, -0.1) is 0 Å². The second-order valence-electron chi connectivity index (χ2n) is 5.63. The molecule has 0 amide bonds. The van der Waals surface area contributed by atoms with Gasteiger partial charge >= 0.3 is 6.18 Å². The Hall–Kier alpha value is -2.31. The molecular formula is C16H16F3N3O. The van der Waals surface area contributed by atoms with Gasteiger partial charge in [0, 0.05) is 18.3 Å². The van der Waals surface area contributed by atoms with E-state index >= 15 is 0 Å². The molecule has 23 heavy (non-hydrogen) atoms. The largest absolute Gasteiger partial charge is 0.416 e. The van der Waals surface area contributed by atoms with E-state index < -0.39 is 17.3 Å². The summed E-state index contributed by atoms with van der Waals surface area (Å²) in [6.07, 6.45) is -1.27. The summed E-state index contributed by atoms with van der Waals surface area (Å²) in [5.74, 6) is 0.195. The zero-order chi connectivity index (χ0) is 16.6. The lowest BCUT2D eigenvalue weighted by Crippen LogP contribution is -2.28. The molecule has 3 heterocycles. The number of hydrogen-bond donors (Lipinski definition) is 1. The first-order chi connectivity index (χ1) is 10.9. The highest BCUT2D eigenvalue weighted by molar-refractivity contribution is 5.47. The Morgan fingerprint density at radius 1 is 1.35 bits per heavy atom. The Balaban J connectivity index is 2.04. The third-order valence-electron chi connectivity index (χ3n) is 4.16. The molecule has 1 unspecified atom stereocenters. The Labute approximate surface area is 131 Å². The number of nitrogens with one attached hydrogen (secondary N) is 1. The molecule has 7 heteroatoms. The van der Waals surface area contributed by atoms with Crippen molar-refractivity contribution in [3.63, 3.8) is 0 Å². The molecule has 0 spiro atoms. The molecule has 2 aromatic heterocycles. The highest BCUT2D eigenvalue weighted by Crippen LogP contribution is 2.37. The van der Waals surface area contributed by atoms with Crippen LogP contribution in [0.1, 0.15) is 35.7 Å². The van der Waals surface area contributed by atoms with Crippen LogP contribution in [-0.4, -0.2) is 16.5 Å². The molecule has 0 radical (unpaired) electrons. The van der Waals surface area contributed by atoms with E-state index in [1.807, 2.05) is 12.1 Å². The lowest BCUT2D eigenvalue weighted by molar-refractivity contribution is -0.138. The predicted molar refractivity (Wildman–Crippen MR) is 80.4 cm³/mol. The van der Waals surface area contributed by atoms with Crippen molar-refractivity contribution in [1.29, 1.82) is 0 Å². The lowest BCUT2D eigenvalue weighted by atomic mass is 10.1. The number of anilines is 1. The zero-order valence-corrected chi connectivity index (χ0v) is 12.5. The SMILES string of the molecule is Cc1c(C(F)(F)F)cc(N2CCCC2c2ccccn2)[nH]c1=O. The summed E-state index contributed by atoms with van der Waals surface area (Å²) in [5, 5.41) is 0. The first-order valence-electron chi connectivity index (χ1n) is 7.36. The van der Waals surface area contributed by atoms with Gasteiger partial charge in [0.25, 0.3) is 5.56 Å². The van der Waals surface area contributed by atoms with Gasteiger partial charge in [0.2, 0.25) is 0 Å². The van der Waals surface area contributed by atoms with Gasteiger partial charge in [-0.2, -0.15) is 13.2 Å². The predicted octanol–water partition coefficient (Wildman–Crippen LogP) is 3.44. The van der Waals surface area contributed by atoms with Crippen molar-refractivity contribution in [2.24, 2.45) is 0 Å². The van der Waals surface area contributed by atoms with E-state index in [9.17, 15) is 18.0 Å². The van der Waals surface area contributed by atoms with Crippen molar-refractivity contribution in [3.05, 3.63) is 57.6 Å². The fourth-order valence-electron chi connectivity index (χ4n) is 3.00. The number of rotatable bonds is 2. The highest BCUT2D eigenvalue weighted by atomic mass is 19.4. The average Bonchev–Trinajstić information content (AvgIpc) is 2.99. The standard InChI is InChI=1S/C16H16F3N3O/c1-10-11(16(17,18)19)9-14(21-15(10)23)22-8-4-6-13(22)12-5-2-3-7-20-12/h2-3,5,7,9,13H,4,6,8H2,1H3,(H,21,23). The summed E-state index contributed by atoms with van der Waals surface area (Å²) in [6, 6.07) is 6.38. The van der Waals surface area contributed by atoms with Gasteiger partial charge in [0.05, 0.1) is 17.3 Å². The first kappa shape index (κ1) is 15.6. The minimum atomic E-state index is -4.55. The van der Waals surface area contributed by atoms with Crippen molar-refractivity contribution in [2.45, 2.75) is 32.0 Å². The van der Waals surface area contributed by atoms with Crippen LogP contribution < -0.4 is 10.5 Å². The molecule has 0 aromatic carbocycles. The molecule has 1 aliphatic heterocycles. The molecule has 3 rings (SSSR count). The number of pyridine rings is 2. The van der Waals surface area contributed by atoms with Gasteiger partial charge in [-0.25, -0.2) is 0 Å². The molecule has 4 nitrogen and oxygen atoms in total. The van der Waals surface area contributed by atoms with E-state index in [4.69, 9.17) is 0 Å². The van der Waals surface area contributed by atoms with Gasteiger partial charge in [-0.3, -0.25) is 9.78 Å². The van der Waals surface area contributed by atoms with Gasteiger partial charge in [0.1, 0.15) is 5.82 Å². The topological polar surface area (TPSA) is 49.0 Å². The van der Waals surface area contributed by atoms with Crippen LogP contribution in [0.4, 0.5) is 19.0 Å². The van der Waals surface area contributed by atoms with Crippen LogP contribution in [0.2, 0.25) is 0 Å². The van der Waals surface area contributed by atoms with Gasteiger partial charge in [-0.1, -0.05) is 6.07 Å². The molecule has 0 bridgehead atoms. The van der Waals surface area contributed by atoms with Crippen LogP contribution >= 0.6 is 0 Å². The number of aromatic amines is 1. The number of H-pyrrole nitrogens is 1. The van der Waals surface area contributed by atoms with Crippen molar-refractivity contribution in [3.8, 4) is 0 Å². The summed E-state index contributed by atoms with van der Waals surface area (Å²) in [7, 11) is 0. The van der Waals surface area contributed by atoms with Crippen molar-refractivity contribution >= 4 is 5.82 Å². The van der Waals surface area contributed by atoms with E-state index in [0.717, 1.165) is 24.6 Å². The van der Waals surface area contributed by atoms with Crippen LogP contribution in [0.25, 0.3) is 0 Å². The average molecular weight is 323 g/mol. The van der Waals surface area contributed by atoms with E-state index in [1.165, 1.54) is 6.92 Å².